The molecule has 1 aromatic heterocycles. The lowest BCUT2D eigenvalue weighted by Gasteiger charge is -2.31. The molecular formula is C12H14N4O. The molecule has 17 heavy (non-hydrogen) atoms. The summed E-state index contributed by atoms with van der Waals surface area (Å²) >= 11 is 0. The van der Waals surface area contributed by atoms with Gasteiger partial charge in [-0.2, -0.15) is 5.26 Å². The highest BCUT2D eigenvalue weighted by molar-refractivity contribution is 5.82. The first-order valence-electron chi connectivity index (χ1n) is 5.60. The zero-order valence-electron chi connectivity index (χ0n) is 9.47. The van der Waals surface area contributed by atoms with Gasteiger partial charge in [-0.15, -0.1) is 0 Å². The van der Waals surface area contributed by atoms with Crippen LogP contribution in [0.3, 0.4) is 0 Å². The summed E-state index contributed by atoms with van der Waals surface area (Å²) in [5.41, 5.74) is 0.874. The van der Waals surface area contributed by atoms with Crippen LogP contribution in [0.15, 0.2) is 24.4 Å². The first-order valence-corrected chi connectivity index (χ1v) is 5.60. The monoisotopic (exact) mass is 230 g/mol. The second-order valence-electron chi connectivity index (χ2n) is 3.95. The normalized spacial score (nSPS) is 20.1. The van der Waals surface area contributed by atoms with Crippen LogP contribution in [-0.4, -0.2) is 34.9 Å². The van der Waals surface area contributed by atoms with E-state index >= 15 is 0 Å². The van der Waals surface area contributed by atoms with E-state index in [0.717, 1.165) is 12.2 Å². The Morgan fingerprint density at radius 2 is 2.47 bits per heavy atom. The first-order chi connectivity index (χ1) is 8.31. The average molecular weight is 230 g/mol. The highest BCUT2D eigenvalue weighted by Gasteiger charge is 2.27. The van der Waals surface area contributed by atoms with Crippen LogP contribution in [0.2, 0.25) is 0 Å². The molecule has 5 nitrogen and oxygen atoms in total. The molecule has 0 aromatic carbocycles. The standard InChI is InChI=1S/C12H14N4O/c13-5-4-11-12(17)16(8-7-15-11)9-10-3-1-2-6-14-10/h1-3,6,11,15H,4,7-9H2. The van der Waals surface area contributed by atoms with Gasteiger partial charge in [0.15, 0.2) is 0 Å². The maximum absolute atomic E-state index is 12.0. The summed E-state index contributed by atoms with van der Waals surface area (Å²) in [6.07, 6.45) is 1.94. The van der Waals surface area contributed by atoms with Gasteiger partial charge in [-0.05, 0) is 12.1 Å². The van der Waals surface area contributed by atoms with Gasteiger partial charge in [0.1, 0.15) is 6.04 Å². The molecule has 1 amide bonds. The van der Waals surface area contributed by atoms with Crippen molar-refractivity contribution >= 4 is 5.91 Å². The third kappa shape index (κ3) is 2.80. The third-order valence-corrected chi connectivity index (χ3v) is 2.76. The van der Waals surface area contributed by atoms with Crippen LogP contribution < -0.4 is 5.32 Å². The lowest BCUT2D eigenvalue weighted by Crippen LogP contribution is -2.54. The third-order valence-electron chi connectivity index (χ3n) is 2.76. The van der Waals surface area contributed by atoms with Crippen LogP contribution in [0.25, 0.3) is 0 Å². The van der Waals surface area contributed by atoms with E-state index in [4.69, 9.17) is 5.26 Å². The molecule has 0 spiro atoms. The fourth-order valence-corrected chi connectivity index (χ4v) is 1.89. The van der Waals surface area contributed by atoms with Gasteiger partial charge in [0.25, 0.3) is 0 Å². The highest BCUT2D eigenvalue weighted by atomic mass is 16.2. The topological polar surface area (TPSA) is 69.0 Å². The number of hydrogen-bond donors (Lipinski definition) is 1. The van der Waals surface area contributed by atoms with Crippen molar-refractivity contribution < 1.29 is 4.79 Å². The fraction of sp³-hybridized carbons (Fsp3) is 0.417. The molecule has 0 aliphatic carbocycles. The Balaban J connectivity index is 2.01. The Bertz CT molecular complexity index is 426. The average Bonchev–Trinajstić information content (AvgIpc) is 2.36. The minimum Gasteiger partial charge on any atom is -0.334 e. The van der Waals surface area contributed by atoms with Crippen LogP contribution in [0, 0.1) is 11.3 Å². The van der Waals surface area contributed by atoms with Crippen LogP contribution in [0.4, 0.5) is 0 Å². The summed E-state index contributed by atoms with van der Waals surface area (Å²) in [5.74, 6) is -0.0107. The molecule has 1 atom stereocenters. The Kier molecular flexibility index (Phi) is 3.68. The van der Waals surface area contributed by atoms with Gasteiger partial charge in [0, 0.05) is 19.3 Å². The van der Waals surface area contributed by atoms with E-state index in [1.807, 2.05) is 24.3 Å². The number of hydrogen-bond acceptors (Lipinski definition) is 4. The molecule has 1 N–H and O–H groups in total. The fourth-order valence-electron chi connectivity index (χ4n) is 1.89. The molecule has 0 bridgehead atoms. The first kappa shape index (κ1) is 11.6. The molecule has 1 aliphatic rings. The number of rotatable bonds is 3. The molecule has 5 heteroatoms. The summed E-state index contributed by atoms with van der Waals surface area (Å²) in [6.45, 7) is 1.91. The molecule has 88 valence electrons. The van der Waals surface area contributed by atoms with Crippen molar-refractivity contribution in [2.45, 2.75) is 19.0 Å². The molecule has 1 unspecified atom stereocenters. The summed E-state index contributed by atoms with van der Waals surface area (Å²) in [5, 5.41) is 11.7. The lowest BCUT2D eigenvalue weighted by molar-refractivity contribution is -0.136. The van der Waals surface area contributed by atoms with Crippen molar-refractivity contribution in [3.05, 3.63) is 30.1 Å². The van der Waals surface area contributed by atoms with Gasteiger partial charge in [-0.3, -0.25) is 9.78 Å². The van der Waals surface area contributed by atoms with Crippen molar-refractivity contribution in [1.29, 1.82) is 5.26 Å². The van der Waals surface area contributed by atoms with Crippen molar-refractivity contribution in [2.24, 2.45) is 0 Å². The smallest absolute Gasteiger partial charge is 0.241 e. The van der Waals surface area contributed by atoms with Gasteiger partial charge in [-0.1, -0.05) is 6.07 Å². The van der Waals surface area contributed by atoms with Crippen molar-refractivity contribution in [1.82, 2.24) is 15.2 Å². The molecular weight excluding hydrogens is 216 g/mol. The van der Waals surface area contributed by atoms with E-state index in [2.05, 4.69) is 10.3 Å². The minimum atomic E-state index is -0.363. The Morgan fingerprint density at radius 3 is 3.18 bits per heavy atom. The number of piperazine rings is 1. The van der Waals surface area contributed by atoms with Gasteiger partial charge in [0.05, 0.1) is 24.7 Å². The van der Waals surface area contributed by atoms with Crippen LogP contribution in [0.5, 0.6) is 0 Å². The van der Waals surface area contributed by atoms with Gasteiger partial charge >= 0.3 is 0 Å². The SMILES string of the molecule is N#CCC1NCCN(Cc2ccccn2)C1=O. The molecule has 0 saturated carbocycles. The zero-order valence-corrected chi connectivity index (χ0v) is 9.47. The van der Waals surface area contributed by atoms with Crippen LogP contribution in [-0.2, 0) is 11.3 Å². The predicted molar refractivity (Wildman–Crippen MR) is 61.7 cm³/mol. The molecule has 2 rings (SSSR count). The summed E-state index contributed by atoms with van der Waals surface area (Å²) in [7, 11) is 0. The number of amides is 1. The number of aromatic nitrogens is 1. The number of carbonyl (C=O) groups is 1. The van der Waals surface area contributed by atoms with Crippen molar-refractivity contribution in [3.63, 3.8) is 0 Å². The Hall–Kier alpha value is -1.93. The number of nitriles is 1. The van der Waals surface area contributed by atoms with Crippen LogP contribution >= 0.6 is 0 Å². The quantitative estimate of drug-likeness (QED) is 0.810. The number of nitrogens with zero attached hydrogens (tertiary/aromatic N) is 3. The molecule has 1 aromatic rings. The van der Waals surface area contributed by atoms with E-state index in [-0.39, 0.29) is 18.4 Å². The maximum Gasteiger partial charge on any atom is 0.241 e. The van der Waals surface area contributed by atoms with E-state index in [1.165, 1.54) is 0 Å². The number of nitrogens with one attached hydrogen (secondary N) is 1. The Labute approximate surface area is 100 Å². The van der Waals surface area contributed by atoms with Gasteiger partial charge in [0.2, 0.25) is 5.91 Å². The zero-order chi connectivity index (χ0) is 12.1. The van der Waals surface area contributed by atoms with Crippen molar-refractivity contribution in [3.8, 4) is 6.07 Å². The molecule has 2 heterocycles. The molecule has 1 fully saturated rings. The summed E-state index contributed by atoms with van der Waals surface area (Å²) < 4.78 is 0. The van der Waals surface area contributed by atoms with Gasteiger partial charge in [-0.25, -0.2) is 0 Å². The summed E-state index contributed by atoms with van der Waals surface area (Å²) in [6, 6.07) is 7.31. The molecule has 0 radical (unpaired) electrons. The number of carbonyl (C=O) groups excluding carboxylic acids is 1. The minimum absolute atomic E-state index is 0.0107. The second-order valence-corrected chi connectivity index (χ2v) is 3.95. The largest absolute Gasteiger partial charge is 0.334 e. The summed E-state index contributed by atoms with van der Waals surface area (Å²) in [4.78, 5) is 18.0. The van der Waals surface area contributed by atoms with E-state index in [1.54, 1.807) is 11.1 Å². The van der Waals surface area contributed by atoms with E-state index < -0.39 is 0 Å². The van der Waals surface area contributed by atoms with E-state index in [0.29, 0.717) is 13.1 Å². The second kappa shape index (κ2) is 5.41. The highest BCUT2D eigenvalue weighted by Crippen LogP contribution is 2.08. The van der Waals surface area contributed by atoms with Crippen LogP contribution in [0.1, 0.15) is 12.1 Å². The lowest BCUT2D eigenvalue weighted by atomic mass is 10.1. The Morgan fingerprint density at radius 1 is 1.59 bits per heavy atom. The van der Waals surface area contributed by atoms with E-state index in [9.17, 15) is 4.79 Å². The maximum atomic E-state index is 12.0. The predicted octanol–water partition coefficient (Wildman–Crippen LogP) is 0.296. The molecule has 1 aliphatic heterocycles. The van der Waals surface area contributed by atoms with Gasteiger partial charge < -0.3 is 10.2 Å². The molecule has 1 saturated heterocycles. The number of pyridine rings is 1. The van der Waals surface area contributed by atoms with Crippen molar-refractivity contribution in [2.75, 3.05) is 13.1 Å².